The van der Waals surface area contributed by atoms with Gasteiger partial charge in [-0.25, -0.2) is 8.42 Å². The SMILES string of the molecule is CC1(C)C(=CC=CC=CC=CC2=[N+](CCCCCC(=O)N3CCSC3=S)c3ccc4ccccc4c3C2(C)C)N(CCCCS(=O)(=O)[O-])c2ccc3ccccc3c21. The normalized spacial score (nSPS) is 18.4. The Balaban J connectivity index is 1.09. The summed E-state index contributed by atoms with van der Waals surface area (Å²) in [6, 6.07) is 25.9. The van der Waals surface area contributed by atoms with Crippen molar-refractivity contribution in [2.24, 2.45) is 0 Å². The number of hydrogen-bond donors (Lipinski definition) is 0. The van der Waals surface area contributed by atoms with E-state index in [1.54, 1.807) is 16.7 Å². The summed E-state index contributed by atoms with van der Waals surface area (Å²) in [5.41, 5.74) is 6.87. The van der Waals surface area contributed by atoms with Crippen LogP contribution in [0, 0.1) is 0 Å². The van der Waals surface area contributed by atoms with E-state index in [9.17, 15) is 17.8 Å². The molecule has 1 fully saturated rings. The second kappa shape index (κ2) is 17.5. The van der Waals surface area contributed by atoms with Gasteiger partial charge in [0.25, 0.3) is 0 Å². The zero-order chi connectivity index (χ0) is 41.1. The third kappa shape index (κ3) is 8.67. The molecular formula is C48H53N3O4S3. The standard InChI is InChI=1S/C48H53N3O4S3/c1-47(2)41(49(39-28-26-35-19-12-14-21-37(35)44(39)47)30-16-8-11-25-43(52)51-32-33-57-46(51)56)23-9-6-5-7-10-24-42-48(3,4)45-38-22-15-13-20-36(38)27-29-40(45)50(42)31-17-18-34-58(53,54)55/h5-7,9-10,12-15,19-24,26-29H,8,11,16-18,25,30-34H2,1-4H3. The first-order valence-electron chi connectivity index (χ1n) is 20.4. The fraction of sp³-hybridized carbons (Fsp3) is 0.354. The van der Waals surface area contributed by atoms with Crippen LogP contribution in [0.25, 0.3) is 21.5 Å². The van der Waals surface area contributed by atoms with Crippen molar-refractivity contribution >= 4 is 83.0 Å². The minimum absolute atomic E-state index is 0.149. The van der Waals surface area contributed by atoms with Crippen LogP contribution in [0.5, 0.6) is 0 Å². The number of benzene rings is 4. The third-order valence-electron chi connectivity index (χ3n) is 11.8. The number of carbonyl (C=O) groups is 1. The topological polar surface area (TPSA) is 83.8 Å². The van der Waals surface area contributed by atoms with Gasteiger partial charge in [-0.05, 0) is 84.8 Å². The minimum Gasteiger partial charge on any atom is -0.748 e. The van der Waals surface area contributed by atoms with Crippen LogP contribution in [-0.4, -0.2) is 69.5 Å². The van der Waals surface area contributed by atoms with Crippen molar-refractivity contribution in [2.75, 3.05) is 36.0 Å². The van der Waals surface area contributed by atoms with E-state index >= 15 is 0 Å². The van der Waals surface area contributed by atoms with E-state index in [1.807, 2.05) is 0 Å². The van der Waals surface area contributed by atoms with E-state index in [0.717, 1.165) is 49.5 Å². The van der Waals surface area contributed by atoms with E-state index in [1.165, 1.54) is 44.1 Å². The Bertz CT molecular complexity index is 2510. The molecule has 0 unspecified atom stereocenters. The van der Waals surface area contributed by atoms with E-state index in [2.05, 4.69) is 152 Å². The average molecular weight is 832 g/mol. The first-order valence-corrected chi connectivity index (χ1v) is 23.4. The molecule has 7 nitrogen and oxygen atoms in total. The highest BCUT2D eigenvalue weighted by molar-refractivity contribution is 8.23. The number of thiocarbonyl (C=S) groups is 1. The van der Waals surface area contributed by atoms with Crippen LogP contribution in [-0.2, 0) is 25.7 Å². The molecule has 302 valence electrons. The summed E-state index contributed by atoms with van der Waals surface area (Å²) in [5.74, 6) is 0.697. The Labute approximate surface area is 353 Å². The number of thioether (sulfide) groups is 1. The first kappa shape index (κ1) is 41.8. The molecule has 0 aromatic heterocycles. The minimum atomic E-state index is -4.25. The van der Waals surface area contributed by atoms with Gasteiger partial charge in [-0.3, -0.25) is 9.69 Å². The fourth-order valence-electron chi connectivity index (χ4n) is 9.06. The molecule has 1 saturated heterocycles. The summed E-state index contributed by atoms with van der Waals surface area (Å²) in [7, 11) is -4.25. The molecule has 3 aliphatic heterocycles. The van der Waals surface area contributed by atoms with Crippen LogP contribution < -0.4 is 4.90 Å². The summed E-state index contributed by atoms with van der Waals surface area (Å²) in [6.45, 7) is 11.3. The molecule has 3 heterocycles. The molecule has 4 aromatic rings. The fourth-order valence-corrected chi connectivity index (χ4v) is 10.9. The summed E-state index contributed by atoms with van der Waals surface area (Å²) in [4.78, 5) is 16.8. The Hall–Kier alpha value is -4.35. The molecule has 0 bridgehead atoms. The number of unbranched alkanes of at least 4 members (excludes halogenated alkanes) is 3. The largest absolute Gasteiger partial charge is 0.748 e. The predicted molar refractivity (Wildman–Crippen MR) is 246 cm³/mol. The van der Waals surface area contributed by atoms with Gasteiger partial charge >= 0.3 is 0 Å². The Morgan fingerprint density at radius 3 is 2.19 bits per heavy atom. The molecular weight excluding hydrogens is 779 g/mol. The summed E-state index contributed by atoms with van der Waals surface area (Å²) >= 11 is 6.96. The van der Waals surface area contributed by atoms with Crippen LogP contribution in [0.15, 0.2) is 121 Å². The van der Waals surface area contributed by atoms with Crippen molar-refractivity contribution in [1.29, 1.82) is 0 Å². The number of amides is 1. The molecule has 10 heteroatoms. The average Bonchev–Trinajstić information content (AvgIpc) is 3.79. The molecule has 0 radical (unpaired) electrons. The van der Waals surface area contributed by atoms with Crippen LogP contribution in [0.3, 0.4) is 0 Å². The van der Waals surface area contributed by atoms with Crippen molar-refractivity contribution < 1.29 is 22.3 Å². The molecule has 1 amide bonds. The molecule has 0 N–H and O–H groups in total. The molecule has 0 aliphatic carbocycles. The van der Waals surface area contributed by atoms with E-state index in [0.29, 0.717) is 30.1 Å². The van der Waals surface area contributed by atoms with Crippen molar-refractivity contribution in [3.8, 4) is 0 Å². The van der Waals surface area contributed by atoms with Gasteiger partial charge < -0.3 is 9.45 Å². The van der Waals surface area contributed by atoms with E-state index < -0.39 is 10.1 Å². The Morgan fingerprint density at radius 1 is 0.810 bits per heavy atom. The number of hydrogen-bond acceptors (Lipinski definition) is 7. The number of fused-ring (bicyclic) bond motifs is 6. The highest BCUT2D eigenvalue weighted by Crippen LogP contribution is 2.51. The van der Waals surface area contributed by atoms with Crippen molar-refractivity contribution in [2.45, 2.75) is 77.0 Å². The second-order valence-electron chi connectivity index (χ2n) is 16.4. The van der Waals surface area contributed by atoms with Crippen LogP contribution >= 0.6 is 24.0 Å². The quantitative estimate of drug-likeness (QED) is 0.0388. The monoisotopic (exact) mass is 831 g/mol. The lowest BCUT2D eigenvalue weighted by molar-refractivity contribution is -0.438. The number of allylic oxidation sites excluding steroid dienone is 8. The number of rotatable bonds is 15. The second-order valence-corrected chi connectivity index (χ2v) is 19.7. The van der Waals surface area contributed by atoms with Gasteiger partial charge in [0.05, 0.1) is 15.5 Å². The van der Waals surface area contributed by atoms with Crippen LogP contribution in [0.2, 0.25) is 0 Å². The molecule has 58 heavy (non-hydrogen) atoms. The van der Waals surface area contributed by atoms with Gasteiger partial charge in [-0.2, -0.15) is 4.58 Å². The van der Waals surface area contributed by atoms with Crippen LogP contribution in [0.4, 0.5) is 11.4 Å². The maximum Gasteiger partial charge on any atom is 0.228 e. The number of nitrogens with zero attached hydrogens (tertiary/aromatic N) is 3. The number of carbonyl (C=O) groups excluding carboxylic acids is 1. The Kier molecular flexibility index (Phi) is 12.6. The zero-order valence-electron chi connectivity index (χ0n) is 33.9. The van der Waals surface area contributed by atoms with Gasteiger partial charge in [0, 0.05) is 71.9 Å². The lowest BCUT2D eigenvalue weighted by atomic mass is 9.79. The van der Waals surface area contributed by atoms with Crippen LogP contribution in [0.1, 0.15) is 77.3 Å². The molecule has 3 aliphatic rings. The molecule has 0 saturated carbocycles. The van der Waals surface area contributed by atoms with Crippen molar-refractivity contribution in [3.63, 3.8) is 0 Å². The molecule has 0 spiro atoms. The zero-order valence-corrected chi connectivity index (χ0v) is 36.4. The first-order chi connectivity index (χ1) is 27.8. The molecule has 7 rings (SSSR count). The molecule has 4 aromatic carbocycles. The van der Waals surface area contributed by atoms with E-state index in [-0.39, 0.29) is 22.5 Å². The lowest BCUT2D eigenvalue weighted by Gasteiger charge is -2.27. The smallest absolute Gasteiger partial charge is 0.228 e. The highest BCUT2D eigenvalue weighted by atomic mass is 32.2. The summed E-state index contributed by atoms with van der Waals surface area (Å²) in [6.07, 6.45) is 19.0. The van der Waals surface area contributed by atoms with E-state index in [4.69, 9.17) is 12.2 Å². The van der Waals surface area contributed by atoms with Gasteiger partial charge in [-0.1, -0.05) is 123 Å². The maximum atomic E-state index is 12.7. The summed E-state index contributed by atoms with van der Waals surface area (Å²) in [5, 5.41) is 4.92. The van der Waals surface area contributed by atoms with Crippen molar-refractivity contribution in [1.82, 2.24) is 4.90 Å². The summed E-state index contributed by atoms with van der Waals surface area (Å²) < 4.78 is 37.1. The van der Waals surface area contributed by atoms with Gasteiger partial charge in [0.2, 0.25) is 11.6 Å². The maximum absolute atomic E-state index is 12.7. The predicted octanol–water partition coefficient (Wildman–Crippen LogP) is 10.5. The number of anilines is 1. The van der Waals surface area contributed by atoms with Gasteiger partial charge in [-0.15, -0.1) is 0 Å². The Morgan fingerprint density at radius 2 is 1.48 bits per heavy atom. The van der Waals surface area contributed by atoms with Gasteiger partial charge in [0.1, 0.15) is 10.9 Å². The highest BCUT2D eigenvalue weighted by Gasteiger charge is 2.45. The lowest BCUT2D eigenvalue weighted by Crippen LogP contribution is -2.30. The van der Waals surface area contributed by atoms with Crippen molar-refractivity contribution in [3.05, 3.63) is 132 Å². The third-order valence-corrected chi connectivity index (χ3v) is 14.0. The molecule has 0 atom stereocenters. The van der Waals surface area contributed by atoms with Gasteiger partial charge in [0.15, 0.2) is 5.71 Å².